The maximum absolute atomic E-state index is 5.58. The Morgan fingerprint density at radius 3 is 2.24 bits per heavy atom. The Kier molecular flexibility index (Phi) is 4.91. The van der Waals surface area contributed by atoms with E-state index in [1.54, 1.807) is 14.2 Å². The third-order valence-electron chi connectivity index (χ3n) is 4.65. The fourth-order valence-electron chi connectivity index (χ4n) is 3.18. The second-order valence-electron chi connectivity index (χ2n) is 6.11. The Hall–Kier alpha value is -0.940. The monoisotopic (exact) mass is 290 g/mol. The van der Waals surface area contributed by atoms with Crippen LogP contribution in [0.15, 0.2) is 30.3 Å². The van der Waals surface area contributed by atoms with E-state index in [2.05, 4.69) is 40.5 Å². The summed E-state index contributed by atoms with van der Waals surface area (Å²) in [7, 11) is 3.56. The lowest BCUT2D eigenvalue weighted by molar-refractivity contribution is -0.00461. The second-order valence-corrected chi connectivity index (χ2v) is 6.11. The van der Waals surface area contributed by atoms with Crippen molar-refractivity contribution in [2.45, 2.75) is 37.1 Å². The second kappa shape index (κ2) is 6.88. The van der Waals surface area contributed by atoms with Crippen LogP contribution in [0.4, 0.5) is 0 Å². The van der Waals surface area contributed by atoms with E-state index in [1.807, 2.05) is 0 Å². The van der Waals surface area contributed by atoms with Crippen LogP contribution < -0.4 is 5.32 Å². The number of hydrogen-bond donors (Lipinski definition) is 1. The zero-order valence-electron chi connectivity index (χ0n) is 13.0. The molecule has 1 aliphatic heterocycles. The molecule has 1 saturated heterocycles. The van der Waals surface area contributed by atoms with Gasteiger partial charge in [0, 0.05) is 45.9 Å². The minimum atomic E-state index is 0.169. The topological polar surface area (TPSA) is 33.7 Å². The molecule has 116 valence electrons. The smallest absolute Gasteiger partial charge is 0.0972 e. The first-order chi connectivity index (χ1) is 10.3. The highest BCUT2D eigenvalue weighted by Crippen LogP contribution is 2.28. The highest BCUT2D eigenvalue weighted by atomic mass is 16.5. The van der Waals surface area contributed by atoms with Gasteiger partial charge in [-0.15, -0.1) is 0 Å². The first-order valence-corrected chi connectivity index (χ1v) is 7.89. The van der Waals surface area contributed by atoms with Crippen molar-refractivity contribution < 1.29 is 9.47 Å². The quantitative estimate of drug-likeness (QED) is 0.830. The highest BCUT2D eigenvalue weighted by Gasteiger charge is 2.37. The van der Waals surface area contributed by atoms with E-state index in [1.165, 1.54) is 18.4 Å². The van der Waals surface area contributed by atoms with E-state index in [9.17, 15) is 0 Å². The maximum atomic E-state index is 5.58. The molecule has 0 spiro atoms. The largest absolute Gasteiger partial charge is 0.377 e. The van der Waals surface area contributed by atoms with Crippen LogP contribution in [0, 0.1) is 0 Å². The summed E-state index contributed by atoms with van der Waals surface area (Å²) < 4.78 is 11.2. The molecule has 2 fully saturated rings. The SMILES string of the molecule is COC1CN(C(CNC2CC2)c2ccccc2)CC1OC. The third kappa shape index (κ3) is 3.64. The molecule has 0 radical (unpaired) electrons. The zero-order valence-corrected chi connectivity index (χ0v) is 13.0. The molecule has 0 amide bonds. The number of hydrogen-bond acceptors (Lipinski definition) is 4. The number of nitrogens with zero attached hydrogens (tertiary/aromatic N) is 1. The Morgan fingerprint density at radius 2 is 1.71 bits per heavy atom. The van der Waals surface area contributed by atoms with Gasteiger partial charge in [0.2, 0.25) is 0 Å². The van der Waals surface area contributed by atoms with Crippen molar-refractivity contribution in [3.63, 3.8) is 0 Å². The zero-order chi connectivity index (χ0) is 14.7. The van der Waals surface area contributed by atoms with Crippen LogP contribution in [0.5, 0.6) is 0 Å². The van der Waals surface area contributed by atoms with Gasteiger partial charge in [-0.1, -0.05) is 30.3 Å². The average molecular weight is 290 g/mol. The van der Waals surface area contributed by atoms with Gasteiger partial charge in [0.25, 0.3) is 0 Å². The van der Waals surface area contributed by atoms with Crippen molar-refractivity contribution in [1.82, 2.24) is 10.2 Å². The summed E-state index contributed by atoms with van der Waals surface area (Å²) in [6.07, 6.45) is 2.98. The minimum Gasteiger partial charge on any atom is -0.377 e. The molecule has 1 heterocycles. The molecular formula is C17H26N2O2. The standard InChI is InChI=1S/C17H26N2O2/c1-20-16-11-19(12-17(16)21-2)15(10-18-14-8-9-14)13-6-4-3-5-7-13/h3-7,14-18H,8-12H2,1-2H3. The van der Waals surface area contributed by atoms with Crippen LogP contribution >= 0.6 is 0 Å². The fraction of sp³-hybridized carbons (Fsp3) is 0.647. The molecule has 1 aliphatic carbocycles. The first-order valence-electron chi connectivity index (χ1n) is 7.89. The number of benzene rings is 1. The molecule has 1 aromatic carbocycles. The Labute approximate surface area is 127 Å². The molecule has 4 heteroatoms. The lowest BCUT2D eigenvalue weighted by atomic mass is 10.1. The molecule has 1 saturated carbocycles. The predicted octanol–water partition coefficient (Wildman–Crippen LogP) is 1.83. The molecule has 0 aromatic heterocycles. The van der Waals surface area contributed by atoms with Gasteiger partial charge < -0.3 is 14.8 Å². The van der Waals surface area contributed by atoms with Crippen LogP contribution in [0.3, 0.4) is 0 Å². The highest BCUT2D eigenvalue weighted by molar-refractivity contribution is 5.20. The van der Waals surface area contributed by atoms with E-state index in [-0.39, 0.29) is 12.2 Å². The van der Waals surface area contributed by atoms with Gasteiger partial charge in [-0.05, 0) is 18.4 Å². The number of rotatable bonds is 7. The molecular weight excluding hydrogens is 264 g/mol. The number of nitrogens with one attached hydrogen (secondary N) is 1. The Bertz CT molecular complexity index is 424. The van der Waals surface area contributed by atoms with E-state index >= 15 is 0 Å². The van der Waals surface area contributed by atoms with Crippen molar-refractivity contribution in [3.05, 3.63) is 35.9 Å². The predicted molar refractivity (Wildman–Crippen MR) is 83.4 cm³/mol. The van der Waals surface area contributed by atoms with Crippen molar-refractivity contribution >= 4 is 0 Å². The summed E-state index contributed by atoms with van der Waals surface area (Å²) in [5.41, 5.74) is 1.37. The summed E-state index contributed by atoms with van der Waals surface area (Å²) in [6, 6.07) is 11.9. The molecule has 3 atom stereocenters. The molecule has 1 N–H and O–H groups in total. The van der Waals surface area contributed by atoms with Gasteiger partial charge in [0.05, 0.1) is 12.2 Å². The number of likely N-dealkylation sites (tertiary alicyclic amines) is 1. The van der Waals surface area contributed by atoms with E-state index < -0.39 is 0 Å². The normalized spacial score (nSPS) is 27.9. The molecule has 0 bridgehead atoms. The lowest BCUT2D eigenvalue weighted by Crippen LogP contribution is -2.36. The van der Waals surface area contributed by atoms with E-state index in [0.717, 1.165) is 25.7 Å². The number of methoxy groups -OCH3 is 2. The van der Waals surface area contributed by atoms with Crippen molar-refractivity contribution in [2.24, 2.45) is 0 Å². The average Bonchev–Trinajstić information content (AvgIpc) is 3.26. The lowest BCUT2D eigenvalue weighted by Gasteiger charge is -2.28. The van der Waals surface area contributed by atoms with Crippen LogP contribution in [-0.2, 0) is 9.47 Å². The molecule has 2 aliphatic rings. The van der Waals surface area contributed by atoms with E-state index in [0.29, 0.717) is 6.04 Å². The summed E-state index contributed by atoms with van der Waals surface area (Å²) in [6.45, 7) is 2.86. The van der Waals surface area contributed by atoms with Crippen LogP contribution in [0.2, 0.25) is 0 Å². The summed E-state index contributed by atoms with van der Waals surface area (Å²) in [5, 5.41) is 3.67. The van der Waals surface area contributed by atoms with Crippen molar-refractivity contribution in [2.75, 3.05) is 33.9 Å². The van der Waals surface area contributed by atoms with Crippen LogP contribution in [-0.4, -0.2) is 57.0 Å². The molecule has 3 unspecified atom stereocenters. The van der Waals surface area contributed by atoms with Gasteiger partial charge in [-0.3, -0.25) is 4.90 Å². The van der Waals surface area contributed by atoms with Gasteiger partial charge in [-0.2, -0.15) is 0 Å². The van der Waals surface area contributed by atoms with Gasteiger partial charge in [0.1, 0.15) is 0 Å². The minimum absolute atomic E-state index is 0.169. The summed E-state index contributed by atoms with van der Waals surface area (Å²) in [5.74, 6) is 0. The van der Waals surface area contributed by atoms with Crippen molar-refractivity contribution in [1.29, 1.82) is 0 Å². The Balaban J connectivity index is 1.71. The fourth-order valence-corrected chi connectivity index (χ4v) is 3.18. The molecule has 21 heavy (non-hydrogen) atoms. The third-order valence-corrected chi connectivity index (χ3v) is 4.65. The van der Waals surface area contributed by atoms with E-state index in [4.69, 9.17) is 9.47 Å². The maximum Gasteiger partial charge on any atom is 0.0972 e. The van der Waals surface area contributed by atoms with Crippen LogP contribution in [0.1, 0.15) is 24.4 Å². The van der Waals surface area contributed by atoms with Gasteiger partial charge in [0.15, 0.2) is 0 Å². The molecule has 3 rings (SSSR count). The van der Waals surface area contributed by atoms with Crippen molar-refractivity contribution in [3.8, 4) is 0 Å². The summed E-state index contributed by atoms with van der Waals surface area (Å²) in [4.78, 5) is 2.49. The van der Waals surface area contributed by atoms with Gasteiger partial charge in [-0.25, -0.2) is 0 Å². The molecule has 4 nitrogen and oxygen atoms in total. The summed E-state index contributed by atoms with van der Waals surface area (Å²) >= 11 is 0. The molecule has 1 aromatic rings. The number of ether oxygens (including phenoxy) is 2. The first kappa shape index (κ1) is 15.0. The van der Waals surface area contributed by atoms with Crippen LogP contribution in [0.25, 0.3) is 0 Å². The van der Waals surface area contributed by atoms with Gasteiger partial charge >= 0.3 is 0 Å². The Morgan fingerprint density at radius 1 is 1.10 bits per heavy atom.